The first-order valence-electron chi connectivity index (χ1n) is 21.2. The van der Waals surface area contributed by atoms with Gasteiger partial charge in [0, 0.05) is 28.0 Å². The van der Waals surface area contributed by atoms with E-state index in [1.54, 1.807) is 0 Å². The third-order valence-electron chi connectivity index (χ3n) is 11.9. The molecule has 0 atom stereocenters. The molecule has 2 heteroatoms. The fraction of sp³-hybridized carbons (Fsp3) is 0. The first kappa shape index (κ1) is 36.8. The molecule has 62 heavy (non-hydrogen) atoms. The highest BCUT2D eigenvalue weighted by Crippen LogP contribution is 2.42. The van der Waals surface area contributed by atoms with Crippen LogP contribution in [-0.2, 0) is 0 Å². The molecular weight excluding hydrogens is 751 g/mol. The monoisotopic (exact) mass is 791 g/mol. The first-order chi connectivity index (χ1) is 30.7. The van der Waals surface area contributed by atoms with Crippen LogP contribution in [0.1, 0.15) is 0 Å². The van der Waals surface area contributed by atoms with Crippen molar-refractivity contribution >= 4 is 38.8 Å². The molecule has 2 nitrogen and oxygen atoms in total. The predicted molar refractivity (Wildman–Crippen MR) is 261 cm³/mol. The standard InChI is InChI=1S/C60H41NO/c1-3-14-43(15-4-1)53-22-10-11-23-55(53)46-28-35-51(36-29-46)61(52-37-30-47(31-38-52)56-24-13-20-45-18-7-9-21-54(45)56)50-33-26-42(27-34-50)48-32-39-57(44-16-5-2-6-17-44)58(40-48)60-41-49-19-8-12-25-59(49)62-60/h1-41H. The molecule has 0 aliphatic rings. The third-order valence-corrected chi connectivity index (χ3v) is 11.9. The van der Waals surface area contributed by atoms with Crippen LogP contribution in [0.15, 0.2) is 253 Å². The highest BCUT2D eigenvalue weighted by atomic mass is 16.3. The molecule has 1 aromatic heterocycles. The molecule has 0 radical (unpaired) electrons. The van der Waals surface area contributed by atoms with Crippen molar-refractivity contribution in [3.8, 4) is 67.0 Å². The van der Waals surface area contributed by atoms with Crippen LogP contribution in [0.5, 0.6) is 0 Å². The van der Waals surface area contributed by atoms with E-state index in [4.69, 9.17) is 4.42 Å². The maximum absolute atomic E-state index is 6.47. The fourth-order valence-electron chi connectivity index (χ4n) is 8.82. The summed E-state index contributed by atoms with van der Waals surface area (Å²) >= 11 is 0. The highest BCUT2D eigenvalue weighted by molar-refractivity contribution is 5.97. The minimum atomic E-state index is 0.858. The van der Waals surface area contributed by atoms with Gasteiger partial charge in [0.25, 0.3) is 0 Å². The third kappa shape index (κ3) is 7.04. The van der Waals surface area contributed by atoms with Crippen molar-refractivity contribution in [2.45, 2.75) is 0 Å². The minimum Gasteiger partial charge on any atom is -0.456 e. The van der Waals surface area contributed by atoms with E-state index in [0.717, 1.165) is 61.6 Å². The molecule has 0 amide bonds. The molecular formula is C60H41NO. The summed E-state index contributed by atoms with van der Waals surface area (Å²) < 4.78 is 6.47. The number of nitrogens with zero attached hydrogens (tertiary/aromatic N) is 1. The molecule has 0 fully saturated rings. The molecule has 0 N–H and O–H groups in total. The van der Waals surface area contributed by atoms with Crippen molar-refractivity contribution in [1.29, 1.82) is 0 Å². The lowest BCUT2D eigenvalue weighted by atomic mass is 9.93. The van der Waals surface area contributed by atoms with Gasteiger partial charge in [-0.3, -0.25) is 0 Å². The zero-order chi connectivity index (χ0) is 41.2. The van der Waals surface area contributed by atoms with Crippen LogP contribution in [-0.4, -0.2) is 0 Å². The van der Waals surface area contributed by atoms with E-state index in [1.165, 1.54) is 44.2 Å². The summed E-state index contributed by atoms with van der Waals surface area (Å²) in [5.41, 5.74) is 17.0. The van der Waals surface area contributed by atoms with Gasteiger partial charge < -0.3 is 9.32 Å². The van der Waals surface area contributed by atoms with E-state index in [1.807, 2.05) is 12.1 Å². The Morgan fingerprint density at radius 1 is 0.258 bits per heavy atom. The van der Waals surface area contributed by atoms with Crippen molar-refractivity contribution in [3.05, 3.63) is 249 Å². The first-order valence-corrected chi connectivity index (χ1v) is 21.2. The summed E-state index contributed by atoms with van der Waals surface area (Å²) in [6.07, 6.45) is 0. The average molecular weight is 792 g/mol. The molecule has 0 saturated carbocycles. The summed E-state index contributed by atoms with van der Waals surface area (Å²) in [4.78, 5) is 2.35. The van der Waals surface area contributed by atoms with Gasteiger partial charge in [-0.15, -0.1) is 0 Å². The molecule has 0 bridgehead atoms. The number of anilines is 3. The lowest BCUT2D eigenvalue weighted by Crippen LogP contribution is -2.09. The smallest absolute Gasteiger partial charge is 0.136 e. The van der Waals surface area contributed by atoms with Crippen LogP contribution in [0.25, 0.3) is 88.7 Å². The topological polar surface area (TPSA) is 16.4 Å². The van der Waals surface area contributed by atoms with E-state index in [0.29, 0.717) is 0 Å². The van der Waals surface area contributed by atoms with Gasteiger partial charge in [0.1, 0.15) is 11.3 Å². The van der Waals surface area contributed by atoms with Crippen LogP contribution < -0.4 is 4.90 Å². The molecule has 0 unspecified atom stereocenters. The predicted octanol–water partition coefficient (Wildman–Crippen LogP) is 17.1. The molecule has 11 aromatic rings. The van der Waals surface area contributed by atoms with Gasteiger partial charge in [0.2, 0.25) is 0 Å². The normalized spacial score (nSPS) is 11.2. The Bertz CT molecular complexity index is 3270. The lowest BCUT2D eigenvalue weighted by Gasteiger charge is -2.26. The van der Waals surface area contributed by atoms with E-state index < -0.39 is 0 Å². The summed E-state index contributed by atoms with van der Waals surface area (Å²) in [6.45, 7) is 0. The quantitative estimate of drug-likeness (QED) is 0.145. The fourth-order valence-corrected chi connectivity index (χ4v) is 8.82. The number of para-hydroxylation sites is 1. The van der Waals surface area contributed by atoms with E-state index in [9.17, 15) is 0 Å². The van der Waals surface area contributed by atoms with E-state index >= 15 is 0 Å². The van der Waals surface area contributed by atoms with Crippen molar-refractivity contribution in [1.82, 2.24) is 0 Å². The number of hydrogen-bond acceptors (Lipinski definition) is 2. The van der Waals surface area contributed by atoms with Crippen molar-refractivity contribution in [2.75, 3.05) is 4.90 Å². The second-order valence-corrected chi connectivity index (χ2v) is 15.7. The van der Waals surface area contributed by atoms with Gasteiger partial charge in [-0.2, -0.15) is 0 Å². The number of benzene rings is 10. The molecule has 11 rings (SSSR count). The number of hydrogen-bond donors (Lipinski definition) is 0. The molecule has 1 heterocycles. The van der Waals surface area contributed by atoms with Crippen molar-refractivity contribution in [3.63, 3.8) is 0 Å². The summed E-state index contributed by atoms with van der Waals surface area (Å²) in [5, 5.41) is 3.58. The second kappa shape index (κ2) is 16.1. The zero-order valence-corrected chi connectivity index (χ0v) is 34.0. The summed E-state index contributed by atoms with van der Waals surface area (Å²) in [6, 6.07) is 88.9. The van der Waals surface area contributed by atoms with Crippen LogP contribution >= 0.6 is 0 Å². The van der Waals surface area contributed by atoms with E-state index in [-0.39, 0.29) is 0 Å². The maximum atomic E-state index is 6.47. The van der Waals surface area contributed by atoms with Gasteiger partial charge in [-0.1, -0.05) is 194 Å². The van der Waals surface area contributed by atoms with Gasteiger partial charge in [0.05, 0.1) is 0 Å². The average Bonchev–Trinajstić information content (AvgIpc) is 3.80. The Labute approximate surface area is 362 Å². The van der Waals surface area contributed by atoms with Gasteiger partial charge >= 0.3 is 0 Å². The number of fused-ring (bicyclic) bond motifs is 2. The molecule has 10 aromatic carbocycles. The van der Waals surface area contributed by atoms with Crippen molar-refractivity contribution < 1.29 is 4.42 Å². The van der Waals surface area contributed by atoms with Gasteiger partial charge in [-0.05, 0) is 121 Å². The Morgan fingerprint density at radius 3 is 1.31 bits per heavy atom. The number of rotatable bonds is 9. The van der Waals surface area contributed by atoms with Gasteiger partial charge in [0.15, 0.2) is 0 Å². The largest absolute Gasteiger partial charge is 0.456 e. The zero-order valence-electron chi connectivity index (χ0n) is 34.0. The van der Waals surface area contributed by atoms with Crippen LogP contribution in [0, 0.1) is 0 Å². The summed E-state index contributed by atoms with van der Waals surface area (Å²) in [7, 11) is 0. The second-order valence-electron chi connectivity index (χ2n) is 15.7. The molecule has 0 spiro atoms. The molecule has 292 valence electrons. The number of furan rings is 1. The Balaban J connectivity index is 0.985. The van der Waals surface area contributed by atoms with E-state index in [2.05, 4.69) is 241 Å². The van der Waals surface area contributed by atoms with Crippen molar-refractivity contribution in [2.24, 2.45) is 0 Å². The lowest BCUT2D eigenvalue weighted by molar-refractivity contribution is 0.632. The molecule has 0 aliphatic heterocycles. The Kier molecular flexibility index (Phi) is 9.57. The molecule has 0 saturated heterocycles. The minimum absolute atomic E-state index is 0.858. The maximum Gasteiger partial charge on any atom is 0.136 e. The van der Waals surface area contributed by atoms with Crippen LogP contribution in [0.4, 0.5) is 17.1 Å². The van der Waals surface area contributed by atoms with Crippen LogP contribution in [0.2, 0.25) is 0 Å². The Hall–Kier alpha value is -8.20. The molecule has 0 aliphatic carbocycles. The SMILES string of the molecule is c1ccc(-c2ccccc2-c2ccc(N(c3ccc(-c4ccc(-c5ccccc5)c(-c5cc6ccccc6o5)c4)cc3)c3ccc(-c4cccc5ccccc45)cc3)cc2)cc1. The highest BCUT2D eigenvalue weighted by Gasteiger charge is 2.17. The van der Waals surface area contributed by atoms with Crippen LogP contribution in [0.3, 0.4) is 0 Å². The summed E-state index contributed by atoms with van der Waals surface area (Å²) in [5.74, 6) is 0.858. The van der Waals surface area contributed by atoms with Gasteiger partial charge in [-0.25, -0.2) is 0 Å². The Morgan fingerprint density at radius 2 is 0.694 bits per heavy atom.